The van der Waals surface area contributed by atoms with E-state index in [0.717, 1.165) is 36.1 Å². The molecule has 0 aliphatic heterocycles. The summed E-state index contributed by atoms with van der Waals surface area (Å²) in [6.45, 7) is 1.98. The van der Waals surface area contributed by atoms with Gasteiger partial charge in [0.25, 0.3) is 0 Å². The van der Waals surface area contributed by atoms with Gasteiger partial charge in [0, 0.05) is 12.0 Å². The Morgan fingerprint density at radius 2 is 2.08 bits per heavy atom. The number of rotatable bonds is 4. The Morgan fingerprint density at radius 1 is 1.32 bits per heavy atom. The molecule has 1 aliphatic rings. The molecule has 0 aromatic heterocycles. The number of aliphatic hydroxyl groups is 1. The van der Waals surface area contributed by atoms with Crippen LogP contribution < -0.4 is 10.6 Å². The second-order valence-corrected chi connectivity index (χ2v) is 6.55. The Bertz CT molecular complexity index is 746. The minimum absolute atomic E-state index is 0.158. The number of nitrogens with two attached hydrogens (primary N) is 1. The lowest BCUT2D eigenvalue weighted by Gasteiger charge is -2.22. The van der Waals surface area contributed by atoms with E-state index < -0.39 is 0 Å². The molecule has 0 saturated carbocycles. The first kappa shape index (κ1) is 17.6. The number of fused-ring (bicyclic) bond motifs is 1. The first-order valence-electron chi connectivity index (χ1n) is 8.76. The van der Waals surface area contributed by atoms with E-state index in [4.69, 9.17) is 0 Å². The van der Waals surface area contributed by atoms with Crippen molar-refractivity contribution in [2.24, 2.45) is 0 Å². The summed E-state index contributed by atoms with van der Waals surface area (Å²) in [6, 6.07) is 11.8. The van der Waals surface area contributed by atoms with E-state index in [9.17, 15) is 14.3 Å². The molecule has 0 fully saturated rings. The van der Waals surface area contributed by atoms with Gasteiger partial charge in [0.1, 0.15) is 11.5 Å². The van der Waals surface area contributed by atoms with Crippen molar-refractivity contribution in [3.8, 4) is 0 Å². The summed E-state index contributed by atoms with van der Waals surface area (Å²) in [5, 5.41) is 14.5. The van der Waals surface area contributed by atoms with Gasteiger partial charge in [-0.2, -0.15) is 0 Å². The van der Waals surface area contributed by atoms with Gasteiger partial charge in [0.05, 0.1) is 12.1 Å². The Balaban J connectivity index is 1.71. The Labute approximate surface area is 147 Å². The molecule has 0 radical (unpaired) electrons. The molecule has 4 nitrogen and oxygen atoms in total. The van der Waals surface area contributed by atoms with Crippen LogP contribution in [0.5, 0.6) is 0 Å². The molecular weight excluding hydrogens is 319 g/mol. The van der Waals surface area contributed by atoms with Crippen molar-refractivity contribution in [2.45, 2.75) is 44.8 Å². The number of urea groups is 1. The number of aryl methyl sites for hydroxylation is 1. The average molecular weight is 343 g/mol. The first-order valence-corrected chi connectivity index (χ1v) is 8.76. The minimum Gasteiger partial charge on any atom is -0.393 e. The fourth-order valence-corrected chi connectivity index (χ4v) is 3.40. The Morgan fingerprint density at radius 3 is 2.80 bits per heavy atom. The normalized spacial score (nSPS) is 17.6. The molecule has 25 heavy (non-hydrogen) atoms. The van der Waals surface area contributed by atoms with Crippen molar-refractivity contribution in [1.82, 2.24) is 5.32 Å². The SMILES string of the molecule is CCC(NC(=O)[NH2+]c1cccc2c1CC(O)CC2)c1ccc(F)cc1. The molecule has 0 bridgehead atoms. The van der Waals surface area contributed by atoms with Gasteiger partial charge in [-0.25, -0.2) is 14.5 Å². The van der Waals surface area contributed by atoms with E-state index in [-0.39, 0.29) is 24.0 Å². The second-order valence-electron chi connectivity index (χ2n) is 6.55. The van der Waals surface area contributed by atoms with Crippen molar-refractivity contribution >= 4 is 11.7 Å². The number of nitrogens with one attached hydrogen (secondary N) is 1. The van der Waals surface area contributed by atoms with Gasteiger partial charge in [-0.15, -0.1) is 0 Å². The zero-order valence-corrected chi connectivity index (χ0v) is 14.3. The van der Waals surface area contributed by atoms with E-state index in [0.29, 0.717) is 6.42 Å². The van der Waals surface area contributed by atoms with Crippen molar-refractivity contribution in [1.29, 1.82) is 0 Å². The Hall–Kier alpha value is -2.24. The van der Waals surface area contributed by atoms with Gasteiger partial charge in [-0.05, 0) is 48.6 Å². The van der Waals surface area contributed by atoms with Crippen molar-refractivity contribution in [2.75, 3.05) is 0 Å². The molecule has 4 N–H and O–H groups in total. The molecule has 0 heterocycles. The van der Waals surface area contributed by atoms with Gasteiger partial charge in [-0.3, -0.25) is 5.32 Å². The van der Waals surface area contributed by atoms with Crippen LogP contribution in [0.25, 0.3) is 0 Å². The number of carbonyl (C=O) groups is 1. The maximum Gasteiger partial charge on any atom is 0.418 e. The van der Waals surface area contributed by atoms with E-state index in [1.165, 1.54) is 17.7 Å². The predicted octanol–water partition coefficient (Wildman–Crippen LogP) is 2.73. The number of halogens is 1. The standard InChI is InChI=1S/C20H23FN2O2/c1-2-18(14-6-9-15(21)10-7-14)22-20(25)23-19-5-3-4-13-8-11-16(24)12-17(13)19/h3-7,9-10,16,18,24H,2,8,11-12H2,1H3,(H2,22,23,25)/p+1. The molecule has 3 rings (SSSR count). The summed E-state index contributed by atoms with van der Waals surface area (Å²) >= 11 is 0. The fourth-order valence-electron chi connectivity index (χ4n) is 3.40. The summed E-state index contributed by atoms with van der Waals surface area (Å²) in [5.41, 5.74) is 4.02. The van der Waals surface area contributed by atoms with Crippen LogP contribution in [0.3, 0.4) is 0 Å². The zero-order chi connectivity index (χ0) is 17.8. The van der Waals surface area contributed by atoms with Gasteiger partial charge in [-0.1, -0.05) is 31.2 Å². The van der Waals surface area contributed by atoms with Gasteiger partial charge >= 0.3 is 6.03 Å². The molecule has 132 valence electrons. The third-order valence-electron chi connectivity index (χ3n) is 4.78. The van der Waals surface area contributed by atoms with Crippen molar-refractivity contribution in [3.05, 3.63) is 65.0 Å². The summed E-state index contributed by atoms with van der Waals surface area (Å²) in [7, 11) is 0. The highest BCUT2D eigenvalue weighted by molar-refractivity contribution is 5.67. The molecule has 2 unspecified atom stereocenters. The van der Waals surface area contributed by atoms with Crippen LogP contribution >= 0.6 is 0 Å². The van der Waals surface area contributed by atoms with Crippen LogP contribution in [0.2, 0.25) is 0 Å². The van der Waals surface area contributed by atoms with Crippen LogP contribution in [0, 0.1) is 5.82 Å². The highest BCUT2D eigenvalue weighted by Crippen LogP contribution is 2.25. The summed E-state index contributed by atoms with van der Waals surface area (Å²) in [4.78, 5) is 12.5. The third-order valence-corrected chi connectivity index (χ3v) is 4.78. The monoisotopic (exact) mass is 343 g/mol. The number of hydrogen-bond donors (Lipinski definition) is 3. The Kier molecular flexibility index (Phi) is 5.46. The molecule has 2 atom stereocenters. The zero-order valence-electron chi connectivity index (χ0n) is 14.3. The first-order chi connectivity index (χ1) is 12.1. The smallest absolute Gasteiger partial charge is 0.393 e. The number of aliphatic hydroxyl groups excluding tert-OH is 1. The second kappa shape index (κ2) is 7.76. The third kappa shape index (κ3) is 4.24. The van der Waals surface area contributed by atoms with Crippen molar-refractivity contribution in [3.63, 3.8) is 0 Å². The van der Waals surface area contributed by atoms with Gasteiger partial charge < -0.3 is 5.11 Å². The molecule has 2 amide bonds. The number of quaternary nitrogens is 1. The lowest BCUT2D eigenvalue weighted by Crippen LogP contribution is -2.85. The maximum absolute atomic E-state index is 13.1. The number of amides is 2. The fraction of sp³-hybridized carbons (Fsp3) is 0.350. The molecule has 2 aromatic carbocycles. The van der Waals surface area contributed by atoms with Crippen LogP contribution in [-0.4, -0.2) is 17.2 Å². The summed E-state index contributed by atoms with van der Waals surface area (Å²) in [6.07, 6.45) is 2.58. The van der Waals surface area contributed by atoms with E-state index in [1.54, 1.807) is 17.4 Å². The quantitative estimate of drug-likeness (QED) is 0.748. The topological polar surface area (TPSA) is 65.9 Å². The molecule has 2 aromatic rings. The number of hydrogen-bond acceptors (Lipinski definition) is 2. The largest absolute Gasteiger partial charge is 0.418 e. The average Bonchev–Trinajstić information content (AvgIpc) is 2.61. The molecule has 1 aliphatic carbocycles. The highest BCUT2D eigenvalue weighted by atomic mass is 19.1. The van der Waals surface area contributed by atoms with Crippen molar-refractivity contribution < 1.29 is 19.6 Å². The van der Waals surface area contributed by atoms with Gasteiger partial charge in [0.15, 0.2) is 0 Å². The number of carbonyl (C=O) groups excluding carboxylic acids is 1. The van der Waals surface area contributed by atoms with Crippen LogP contribution in [0.15, 0.2) is 42.5 Å². The number of benzene rings is 2. The molecule has 5 heteroatoms. The number of primary amides is 1. The molecule has 0 spiro atoms. The lowest BCUT2D eigenvalue weighted by molar-refractivity contribution is -0.466. The summed E-state index contributed by atoms with van der Waals surface area (Å²) in [5.74, 6) is -0.286. The predicted molar refractivity (Wildman–Crippen MR) is 94.0 cm³/mol. The van der Waals surface area contributed by atoms with Crippen LogP contribution in [0.1, 0.15) is 42.5 Å². The van der Waals surface area contributed by atoms with Gasteiger partial charge in [0.2, 0.25) is 0 Å². The van der Waals surface area contributed by atoms with Crippen LogP contribution in [0.4, 0.5) is 14.9 Å². The van der Waals surface area contributed by atoms with E-state index >= 15 is 0 Å². The molecule has 0 saturated heterocycles. The van der Waals surface area contributed by atoms with E-state index in [1.807, 2.05) is 19.1 Å². The highest BCUT2D eigenvalue weighted by Gasteiger charge is 2.23. The van der Waals surface area contributed by atoms with Crippen LogP contribution in [-0.2, 0) is 12.8 Å². The lowest BCUT2D eigenvalue weighted by atomic mass is 9.88. The van der Waals surface area contributed by atoms with E-state index in [2.05, 4.69) is 11.4 Å². The molecular formula is C20H24FN2O2+. The summed E-state index contributed by atoms with van der Waals surface area (Å²) < 4.78 is 13.1. The maximum atomic E-state index is 13.1. The minimum atomic E-state index is -0.340.